The molecule has 0 aliphatic carbocycles. The molecular formula is C16H23FN2. The summed E-state index contributed by atoms with van der Waals surface area (Å²) in [5.41, 5.74) is 3.56. The van der Waals surface area contributed by atoms with Crippen LogP contribution in [0.15, 0.2) is 24.3 Å². The highest BCUT2D eigenvalue weighted by Crippen LogP contribution is 2.22. The SMILES string of the molecule is CC.CCCc1ccc(-c2cc(C)nn2C)cc1F. The zero-order valence-corrected chi connectivity index (χ0v) is 12.5. The van der Waals surface area contributed by atoms with E-state index < -0.39 is 0 Å². The average Bonchev–Trinajstić information content (AvgIpc) is 2.74. The van der Waals surface area contributed by atoms with E-state index in [2.05, 4.69) is 12.0 Å². The molecule has 0 radical (unpaired) electrons. The lowest BCUT2D eigenvalue weighted by Crippen LogP contribution is -1.96. The third-order valence-corrected chi connectivity index (χ3v) is 2.87. The Morgan fingerprint density at radius 3 is 2.37 bits per heavy atom. The lowest BCUT2D eigenvalue weighted by Gasteiger charge is -2.05. The molecule has 0 atom stereocenters. The minimum absolute atomic E-state index is 0.122. The van der Waals surface area contributed by atoms with Gasteiger partial charge in [0.05, 0.1) is 11.4 Å². The van der Waals surface area contributed by atoms with E-state index in [-0.39, 0.29) is 5.82 Å². The van der Waals surface area contributed by atoms with Gasteiger partial charge in [0, 0.05) is 12.6 Å². The highest BCUT2D eigenvalue weighted by Gasteiger charge is 2.08. The Bertz CT molecular complexity index is 530. The van der Waals surface area contributed by atoms with Gasteiger partial charge in [0.25, 0.3) is 0 Å². The molecule has 104 valence electrons. The molecule has 0 saturated carbocycles. The second kappa shape index (κ2) is 7.07. The van der Waals surface area contributed by atoms with Crippen LogP contribution in [0.1, 0.15) is 38.4 Å². The number of aromatic nitrogens is 2. The van der Waals surface area contributed by atoms with Gasteiger partial charge in [-0.1, -0.05) is 39.3 Å². The number of hydrogen-bond acceptors (Lipinski definition) is 1. The number of benzene rings is 1. The standard InChI is InChI=1S/C14H17FN2.C2H6/c1-4-5-11-6-7-12(9-13(11)15)14-8-10(2)16-17(14)3;1-2/h6-9H,4-5H2,1-3H3;1-2H3. The average molecular weight is 262 g/mol. The molecule has 0 fully saturated rings. The first-order chi connectivity index (χ1) is 9.11. The fraction of sp³-hybridized carbons (Fsp3) is 0.438. The minimum atomic E-state index is -0.122. The summed E-state index contributed by atoms with van der Waals surface area (Å²) in [6.07, 6.45) is 1.75. The maximum Gasteiger partial charge on any atom is 0.127 e. The Kier molecular flexibility index (Phi) is 5.74. The van der Waals surface area contributed by atoms with Crippen LogP contribution < -0.4 is 0 Å². The Hall–Kier alpha value is -1.64. The summed E-state index contributed by atoms with van der Waals surface area (Å²) in [6, 6.07) is 7.40. The fourth-order valence-corrected chi connectivity index (χ4v) is 2.06. The zero-order valence-electron chi connectivity index (χ0n) is 12.5. The second-order valence-corrected chi connectivity index (χ2v) is 4.35. The predicted molar refractivity (Wildman–Crippen MR) is 78.7 cm³/mol. The summed E-state index contributed by atoms with van der Waals surface area (Å²) in [5.74, 6) is -0.122. The van der Waals surface area contributed by atoms with Gasteiger partial charge in [0.1, 0.15) is 5.82 Å². The molecule has 2 rings (SSSR count). The van der Waals surface area contributed by atoms with Crippen molar-refractivity contribution in [3.05, 3.63) is 41.3 Å². The fourth-order valence-electron chi connectivity index (χ4n) is 2.06. The van der Waals surface area contributed by atoms with Crippen LogP contribution in [0, 0.1) is 12.7 Å². The number of rotatable bonds is 3. The van der Waals surface area contributed by atoms with E-state index in [0.717, 1.165) is 35.4 Å². The summed E-state index contributed by atoms with van der Waals surface area (Å²) in [4.78, 5) is 0. The van der Waals surface area contributed by atoms with E-state index >= 15 is 0 Å². The highest BCUT2D eigenvalue weighted by atomic mass is 19.1. The van der Waals surface area contributed by atoms with Crippen molar-refractivity contribution in [3.63, 3.8) is 0 Å². The van der Waals surface area contributed by atoms with Gasteiger partial charge < -0.3 is 0 Å². The van der Waals surface area contributed by atoms with Crippen molar-refractivity contribution in [1.82, 2.24) is 9.78 Å². The van der Waals surface area contributed by atoms with Crippen molar-refractivity contribution in [2.75, 3.05) is 0 Å². The van der Waals surface area contributed by atoms with Crippen LogP contribution in [-0.4, -0.2) is 9.78 Å². The van der Waals surface area contributed by atoms with Gasteiger partial charge in [-0.3, -0.25) is 4.68 Å². The molecule has 0 spiro atoms. The molecule has 2 aromatic rings. The maximum absolute atomic E-state index is 13.8. The monoisotopic (exact) mass is 262 g/mol. The van der Waals surface area contributed by atoms with Gasteiger partial charge >= 0.3 is 0 Å². The molecule has 0 aliphatic heterocycles. The lowest BCUT2D eigenvalue weighted by molar-refractivity contribution is 0.607. The Balaban J connectivity index is 0.000000861. The van der Waals surface area contributed by atoms with Crippen LogP contribution in [-0.2, 0) is 13.5 Å². The molecule has 0 N–H and O–H groups in total. The third-order valence-electron chi connectivity index (χ3n) is 2.87. The van der Waals surface area contributed by atoms with Gasteiger partial charge in [-0.05, 0) is 31.0 Å². The number of nitrogens with zero attached hydrogens (tertiary/aromatic N) is 2. The van der Waals surface area contributed by atoms with E-state index in [9.17, 15) is 4.39 Å². The van der Waals surface area contributed by atoms with E-state index in [1.165, 1.54) is 0 Å². The third kappa shape index (κ3) is 3.66. The maximum atomic E-state index is 13.8. The summed E-state index contributed by atoms with van der Waals surface area (Å²) in [5, 5.41) is 4.27. The Morgan fingerprint density at radius 2 is 1.89 bits per heavy atom. The molecule has 0 bridgehead atoms. The van der Waals surface area contributed by atoms with E-state index in [1.807, 2.05) is 46.0 Å². The first-order valence-electron chi connectivity index (χ1n) is 6.91. The van der Waals surface area contributed by atoms with Crippen molar-refractivity contribution in [2.24, 2.45) is 7.05 Å². The quantitative estimate of drug-likeness (QED) is 0.795. The minimum Gasteiger partial charge on any atom is -0.268 e. The molecule has 2 nitrogen and oxygen atoms in total. The van der Waals surface area contributed by atoms with Crippen LogP contribution in [0.2, 0.25) is 0 Å². The van der Waals surface area contributed by atoms with Crippen LogP contribution >= 0.6 is 0 Å². The molecule has 0 amide bonds. The molecule has 19 heavy (non-hydrogen) atoms. The topological polar surface area (TPSA) is 17.8 Å². The van der Waals surface area contributed by atoms with E-state index in [4.69, 9.17) is 0 Å². The molecule has 1 heterocycles. The van der Waals surface area contributed by atoms with Gasteiger partial charge in [-0.2, -0.15) is 5.10 Å². The van der Waals surface area contributed by atoms with E-state index in [0.29, 0.717) is 0 Å². The number of halogens is 1. The van der Waals surface area contributed by atoms with Crippen LogP contribution in [0.5, 0.6) is 0 Å². The van der Waals surface area contributed by atoms with Crippen LogP contribution in [0.4, 0.5) is 4.39 Å². The first-order valence-corrected chi connectivity index (χ1v) is 6.91. The molecule has 3 heteroatoms. The van der Waals surface area contributed by atoms with Crippen molar-refractivity contribution < 1.29 is 4.39 Å². The lowest BCUT2D eigenvalue weighted by atomic mass is 10.0. The molecular weight excluding hydrogens is 239 g/mol. The predicted octanol–water partition coefficient (Wildman–Crippen LogP) is 4.51. The Morgan fingerprint density at radius 1 is 1.21 bits per heavy atom. The second-order valence-electron chi connectivity index (χ2n) is 4.35. The van der Waals surface area contributed by atoms with Gasteiger partial charge in [0.2, 0.25) is 0 Å². The van der Waals surface area contributed by atoms with Crippen molar-refractivity contribution >= 4 is 0 Å². The normalized spacial score (nSPS) is 10.0. The number of hydrogen-bond donors (Lipinski definition) is 0. The summed E-state index contributed by atoms with van der Waals surface area (Å²) in [7, 11) is 1.88. The summed E-state index contributed by atoms with van der Waals surface area (Å²) < 4.78 is 15.6. The zero-order chi connectivity index (χ0) is 14.4. The largest absolute Gasteiger partial charge is 0.268 e. The smallest absolute Gasteiger partial charge is 0.127 e. The van der Waals surface area contributed by atoms with Crippen LogP contribution in [0.3, 0.4) is 0 Å². The van der Waals surface area contributed by atoms with E-state index in [1.54, 1.807) is 10.7 Å². The van der Waals surface area contributed by atoms with Gasteiger partial charge in [-0.25, -0.2) is 4.39 Å². The van der Waals surface area contributed by atoms with Crippen molar-refractivity contribution in [3.8, 4) is 11.3 Å². The van der Waals surface area contributed by atoms with Crippen LogP contribution in [0.25, 0.3) is 11.3 Å². The Labute approximate surface area is 115 Å². The molecule has 0 saturated heterocycles. The summed E-state index contributed by atoms with van der Waals surface area (Å²) in [6.45, 7) is 7.99. The highest BCUT2D eigenvalue weighted by molar-refractivity contribution is 5.60. The molecule has 1 aromatic carbocycles. The molecule has 0 aliphatic rings. The van der Waals surface area contributed by atoms with Gasteiger partial charge in [0.15, 0.2) is 0 Å². The van der Waals surface area contributed by atoms with Gasteiger partial charge in [-0.15, -0.1) is 0 Å². The summed E-state index contributed by atoms with van der Waals surface area (Å²) >= 11 is 0. The molecule has 1 aromatic heterocycles. The van der Waals surface area contributed by atoms with Crippen molar-refractivity contribution in [2.45, 2.75) is 40.5 Å². The molecule has 0 unspecified atom stereocenters. The van der Waals surface area contributed by atoms with Crippen molar-refractivity contribution in [1.29, 1.82) is 0 Å². The number of aryl methyl sites for hydroxylation is 3. The first kappa shape index (κ1) is 15.4.